The number of cyclic esters (lactones) is 1. The number of aliphatic hydroxyl groups is 1. The van der Waals surface area contributed by atoms with Gasteiger partial charge in [0.2, 0.25) is 0 Å². The van der Waals surface area contributed by atoms with Gasteiger partial charge in [0, 0.05) is 19.1 Å². The monoisotopic (exact) mass is 242 g/mol. The fourth-order valence-electron chi connectivity index (χ4n) is 2.61. The highest BCUT2D eigenvalue weighted by molar-refractivity contribution is 5.69. The van der Waals surface area contributed by atoms with Crippen LogP contribution in [-0.4, -0.2) is 65.9 Å². The summed E-state index contributed by atoms with van der Waals surface area (Å²) in [5, 5.41) is 8.97. The normalized spacial score (nSPS) is 30.4. The summed E-state index contributed by atoms with van der Waals surface area (Å²) in [6.45, 7) is 7.81. The van der Waals surface area contributed by atoms with Gasteiger partial charge in [-0.25, -0.2) is 4.79 Å². The number of nitrogens with zero attached hydrogens (tertiary/aromatic N) is 2. The molecule has 2 aliphatic rings. The van der Waals surface area contributed by atoms with Gasteiger partial charge in [0.1, 0.15) is 6.10 Å². The molecule has 2 heterocycles. The minimum absolute atomic E-state index is 0.0783. The number of hydrogen-bond acceptors (Lipinski definition) is 4. The Morgan fingerprint density at radius 1 is 1.47 bits per heavy atom. The van der Waals surface area contributed by atoms with E-state index in [1.165, 1.54) is 0 Å². The minimum Gasteiger partial charge on any atom is -0.442 e. The molecule has 0 aromatic rings. The van der Waals surface area contributed by atoms with Gasteiger partial charge in [-0.3, -0.25) is 0 Å². The molecule has 2 atom stereocenters. The summed E-state index contributed by atoms with van der Waals surface area (Å²) in [5.74, 6) is 0.544. The van der Waals surface area contributed by atoms with Crippen LogP contribution in [0.4, 0.5) is 4.79 Å². The second-order valence-electron chi connectivity index (χ2n) is 5.34. The molecule has 0 aliphatic carbocycles. The van der Waals surface area contributed by atoms with E-state index in [0.29, 0.717) is 18.5 Å². The molecule has 0 aromatic heterocycles. The zero-order valence-corrected chi connectivity index (χ0v) is 10.6. The van der Waals surface area contributed by atoms with Crippen molar-refractivity contribution in [2.75, 3.05) is 32.8 Å². The fourth-order valence-corrected chi connectivity index (χ4v) is 2.61. The highest BCUT2D eigenvalue weighted by atomic mass is 16.6. The molecule has 0 saturated carbocycles. The second-order valence-corrected chi connectivity index (χ2v) is 5.34. The van der Waals surface area contributed by atoms with Crippen molar-refractivity contribution in [3.05, 3.63) is 0 Å². The van der Waals surface area contributed by atoms with Crippen LogP contribution < -0.4 is 0 Å². The van der Waals surface area contributed by atoms with E-state index in [2.05, 4.69) is 18.7 Å². The van der Waals surface area contributed by atoms with Crippen molar-refractivity contribution in [1.82, 2.24) is 9.80 Å². The number of hydrogen-bond donors (Lipinski definition) is 1. The third kappa shape index (κ3) is 2.90. The highest BCUT2D eigenvalue weighted by Crippen LogP contribution is 2.21. The molecule has 1 amide bonds. The molecule has 2 aliphatic heterocycles. The van der Waals surface area contributed by atoms with Gasteiger partial charge in [-0.05, 0) is 32.7 Å². The van der Waals surface area contributed by atoms with Crippen molar-refractivity contribution in [2.45, 2.75) is 32.4 Å². The average Bonchev–Trinajstić information content (AvgIpc) is 2.87. The fraction of sp³-hybridized carbons (Fsp3) is 0.917. The quantitative estimate of drug-likeness (QED) is 0.781. The summed E-state index contributed by atoms with van der Waals surface area (Å²) in [6.07, 6.45) is 0.545. The molecule has 1 unspecified atom stereocenters. The van der Waals surface area contributed by atoms with Gasteiger partial charge >= 0.3 is 6.09 Å². The molecule has 0 spiro atoms. The maximum atomic E-state index is 11.5. The summed E-state index contributed by atoms with van der Waals surface area (Å²) in [6, 6.07) is 0.579. The van der Waals surface area contributed by atoms with E-state index in [1.54, 1.807) is 4.90 Å². The van der Waals surface area contributed by atoms with Crippen LogP contribution in [0.15, 0.2) is 0 Å². The van der Waals surface area contributed by atoms with E-state index in [1.807, 2.05) is 0 Å². The first-order valence-electron chi connectivity index (χ1n) is 6.40. The lowest BCUT2D eigenvalue weighted by Crippen LogP contribution is -2.34. The first-order valence-corrected chi connectivity index (χ1v) is 6.40. The van der Waals surface area contributed by atoms with E-state index < -0.39 is 0 Å². The predicted octanol–water partition coefficient (Wildman–Crippen LogP) is 0.530. The molecule has 98 valence electrons. The third-order valence-electron chi connectivity index (χ3n) is 3.68. The van der Waals surface area contributed by atoms with Crippen LogP contribution in [0.25, 0.3) is 0 Å². The minimum atomic E-state index is -0.329. The lowest BCUT2D eigenvalue weighted by Gasteiger charge is -2.21. The molecule has 0 aromatic carbocycles. The van der Waals surface area contributed by atoms with Crippen molar-refractivity contribution >= 4 is 6.09 Å². The summed E-state index contributed by atoms with van der Waals surface area (Å²) in [5.41, 5.74) is 0. The van der Waals surface area contributed by atoms with E-state index in [9.17, 15) is 4.79 Å². The summed E-state index contributed by atoms with van der Waals surface area (Å²) in [7, 11) is 0. The van der Waals surface area contributed by atoms with Crippen LogP contribution in [0, 0.1) is 5.92 Å². The molecule has 2 fully saturated rings. The van der Waals surface area contributed by atoms with Gasteiger partial charge in [0.05, 0.1) is 13.2 Å². The van der Waals surface area contributed by atoms with Crippen molar-refractivity contribution in [3.8, 4) is 0 Å². The maximum absolute atomic E-state index is 11.5. The van der Waals surface area contributed by atoms with Gasteiger partial charge in [0.15, 0.2) is 0 Å². The number of aliphatic hydroxyl groups excluding tert-OH is 1. The van der Waals surface area contributed by atoms with Gasteiger partial charge in [0.25, 0.3) is 0 Å². The number of amides is 1. The molecule has 5 nitrogen and oxygen atoms in total. The lowest BCUT2D eigenvalue weighted by atomic mass is 10.1. The Kier molecular flexibility index (Phi) is 3.89. The van der Waals surface area contributed by atoms with E-state index >= 15 is 0 Å². The molecule has 2 rings (SSSR count). The first-order chi connectivity index (χ1) is 8.10. The van der Waals surface area contributed by atoms with Crippen LogP contribution >= 0.6 is 0 Å². The summed E-state index contributed by atoms with van der Waals surface area (Å²) in [4.78, 5) is 15.7. The SMILES string of the molecule is CC(C)N1CCC(CN2C[C@H](CO)OC2=O)C1. The van der Waals surface area contributed by atoms with Crippen LogP contribution in [0.1, 0.15) is 20.3 Å². The van der Waals surface area contributed by atoms with Gasteiger partial charge in [-0.15, -0.1) is 0 Å². The average molecular weight is 242 g/mol. The summed E-state index contributed by atoms with van der Waals surface area (Å²) >= 11 is 0. The van der Waals surface area contributed by atoms with Crippen molar-refractivity contribution in [2.24, 2.45) is 5.92 Å². The number of carbonyl (C=O) groups is 1. The standard InChI is InChI=1S/C12H22N2O3/c1-9(2)13-4-3-10(5-13)6-14-7-11(8-15)17-12(14)16/h9-11,15H,3-8H2,1-2H3/t10?,11-/m1/s1. The topological polar surface area (TPSA) is 53.0 Å². The Hall–Kier alpha value is -0.810. The number of likely N-dealkylation sites (tertiary alicyclic amines) is 1. The Bertz CT molecular complexity index is 283. The van der Waals surface area contributed by atoms with Gasteiger partial charge in [-0.1, -0.05) is 0 Å². The van der Waals surface area contributed by atoms with Gasteiger partial charge < -0.3 is 19.6 Å². The van der Waals surface area contributed by atoms with Crippen molar-refractivity contribution in [1.29, 1.82) is 0 Å². The number of rotatable bonds is 4. The number of carbonyl (C=O) groups excluding carboxylic acids is 1. The van der Waals surface area contributed by atoms with Crippen LogP contribution in [0.3, 0.4) is 0 Å². The predicted molar refractivity (Wildman–Crippen MR) is 63.7 cm³/mol. The van der Waals surface area contributed by atoms with E-state index in [-0.39, 0.29) is 18.8 Å². The zero-order chi connectivity index (χ0) is 12.4. The number of ether oxygens (including phenoxy) is 1. The zero-order valence-electron chi connectivity index (χ0n) is 10.6. The molecule has 5 heteroatoms. The Morgan fingerprint density at radius 2 is 2.24 bits per heavy atom. The molecule has 2 saturated heterocycles. The Morgan fingerprint density at radius 3 is 2.76 bits per heavy atom. The molecule has 1 N–H and O–H groups in total. The molecule has 17 heavy (non-hydrogen) atoms. The van der Waals surface area contributed by atoms with Crippen LogP contribution in [0.5, 0.6) is 0 Å². The molecule has 0 radical (unpaired) electrons. The summed E-state index contributed by atoms with van der Waals surface area (Å²) < 4.78 is 5.03. The largest absolute Gasteiger partial charge is 0.442 e. The molecular formula is C12H22N2O3. The third-order valence-corrected chi connectivity index (χ3v) is 3.68. The van der Waals surface area contributed by atoms with E-state index in [4.69, 9.17) is 9.84 Å². The maximum Gasteiger partial charge on any atom is 0.410 e. The van der Waals surface area contributed by atoms with Crippen molar-refractivity contribution in [3.63, 3.8) is 0 Å². The first kappa shape index (κ1) is 12.6. The van der Waals surface area contributed by atoms with Crippen molar-refractivity contribution < 1.29 is 14.6 Å². The lowest BCUT2D eigenvalue weighted by molar-refractivity contribution is 0.0945. The smallest absolute Gasteiger partial charge is 0.410 e. The van der Waals surface area contributed by atoms with Crippen LogP contribution in [-0.2, 0) is 4.74 Å². The van der Waals surface area contributed by atoms with Crippen LogP contribution in [0.2, 0.25) is 0 Å². The van der Waals surface area contributed by atoms with E-state index in [0.717, 1.165) is 26.1 Å². The van der Waals surface area contributed by atoms with Gasteiger partial charge in [-0.2, -0.15) is 0 Å². The molecular weight excluding hydrogens is 220 g/mol. The Labute approximate surface area is 102 Å². The highest BCUT2D eigenvalue weighted by Gasteiger charge is 2.34. The molecule has 0 bridgehead atoms. The Balaban J connectivity index is 1.80. The second kappa shape index (κ2) is 5.23.